The lowest BCUT2D eigenvalue weighted by atomic mass is 10.0. The van der Waals surface area contributed by atoms with E-state index in [9.17, 15) is 10.1 Å². The first-order valence-corrected chi connectivity index (χ1v) is 10.6. The molecule has 31 heavy (non-hydrogen) atoms. The van der Waals surface area contributed by atoms with E-state index >= 15 is 0 Å². The lowest BCUT2D eigenvalue weighted by molar-refractivity contribution is -0.112. The number of ether oxygens (including phenoxy) is 1. The van der Waals surface area contributed by atoms with Gasteiger partial charge >= 0.3 is 0 Å². The van der Waals surface area contributed by atoms with Crippen molar-refractivity contribution in [1.82, 2.24) is 4.98 Å². The number of hydrogen-bond donors (Lipinski definition) is 2. The van der Waals surface area contributed by atoms with E-state index in [1.807, 2.05) is 66.7 Å². The zero-order valence-electron chi connectivity index (χ0n) is 16.6. The minimum atomic E-state index is -0.458. The highest BCUT2D eigenvalue weighted by Gasteiger charge is 2.17. The number of anilines is 1. The zero-order chi connectivity index (χ0) is 21.8. The van der Waals surface area contributed by atoms with Crippen LogP contribution in [0.5, 0.6) is 5.75 Å². The number of H-pyrrole nitrogens is 1. The summed E-state index contributed by atoms with van der Waals surface area (Å²) in [5, 5.41) is 13.4. The van der Waals surface area contributed by atoms with E-state index in [0.29, 0.717) is 11.4 Å². The minimum Gasteiger partial charge on any atom is -0.495 e. The van der Waals surface area contributed by atoms with Crippen LogP contribution in [0.1, 0.15) is 5.56 Å². The second-order valence-electron chi connectivity index (χ2n) is 6.79. The van der Waals surface area contributed by atoms with Crippen molar-refractivity contribution in [1.29, 1.82) is 5.26 Å². The molecule has 0 atom stereocenters. The first kappa shape index (κ1) is 20.7. The molecule has 3 aromatic carbocycles. The van der Waals surface area contributed by atoms with E-state index in [2.05, 4.69) is 32.9 Å². The van der Waals surface area contributed by atoms with Crippen molar-refractivity contribution in [2.75, 3.05) is 12.4 Å². The Morgan fingerprint density at radius 1 is 1.06 bits per heavy atom. The molecule has 0 aliphatic rings. The predicted octanol–water partition coefficient (Wildman–Crippen LogP) is 5.99. The minimum absolute atomic E-state index is 0.0134. The smallest absolute Gasteiger partial charge is 0.266 e. The van der Waals surface area contributed by atoms with Crippen molar-refractivity contribution in [2.45, 2.75) is 0 Å². The van der Waals surface area contributed by atoms with Gasteiger partial charge in [0.1, 0.15) is 17.4 Å². The molecule has 152 valence electrons. The predicted molar refractivity (Wildman–Crippen MR) is 132 cm³/mol. The van der Waals surface area contributed by atoms with Gasteiger partial charge in [-0.25, -0.2) is 0 Å². The maximum Gasteiger partial charge on any atom is 0.266 e. The van der Waals surface area contributed by atoms with Crippen LogP contribution in [0, 0.1) is 14.9 Å². The molecule has 0 aliphatic heterocycles. The van der Waals surface area contributed by atoms with E-state index < -0.39 is 5.91 Å². The molecule has 0 radical (unpaired) electrons. The van der Waals surface area contributed by atoms with Gasteiger partial charge < -0.3 is 15.0 Å². The van der Waals surface area contributed by atoms with E-state index in [1.165, 1.54) is 0 Å². The number of aromatic nitrogens is 1. The topological polar surface area (TPSA) is 77.9 Å². The lowest BCUT2D eigenvalue weighted by Gasteiger charge is -2.05. The summed E-state index contributed by atoms with van der Waals surface area (Å²) in [4.78, 5) is 16.2. The van der Waals surface area contributed by atoms with Crippen molar-refractivity contribution in [3.05, 3.63) is 87.5 Å². The van der Waals surface area contributed by atoms with Gasteiger partial charge in [0.25, 0.3) is 5.91 Å². The summed E-state index contributed by atoms with van der Waals surface area (Å²) in [6.45, 7) is 0. The van der Waals surface area contributed by atoms with Crippen LogP contribution in [0.2, 0.25) is 0 Å². The van der Waals surface area contributed by atoms with Crippen LogP contribution >= 0.6 is 22.6 Å². The van der Waals surface area contributed by atoms with Gasteiger partial charge in [-0.15, -0.1) is 0 Å². The van der Waals surface area contributed by atoms with Crippen molar-refractivity contribution in [3.63, 3.8) is 0 Å². The Kier molecular flexibility index (Phi) is 6.05. The molecule has 1 aromatic heterocycles. The van der Waals surface area contributed by atoms with Gasteiger partial charge in [0.05, 0.1) is 18.3 Å². The number of nitriles is 1. The fourth-order valence-corrected chi connectivity index (χ4v) is 3.75. The van der Waals surface area contributed by atoms with Crippen molar-refractivity contribution in [3.8, 4) is 23.1 Å². The summed E-state index contributed by atoms with van der Waals surface area (Å²) >= 11 is 2.20. The number of fused-ring (bicyclic) bond motifs is 1. The summed E-state index contributed by atoms with van der Waals surface area (Å²) in [5.74, 6) is 0.233. The largest absolute Gasteiger partial charge is 0.495 e. The third-order valence-corrected chi connectivity index (χ3v) is 5.59. The first-order valence-electron chi connectivity index (χ1n) is 9.53. The highest BCUT2D eigenvalue weighted by Crippen LogP contribution is 2.36. The molecule has 4 rings (SSSR count). The molecular weight excluding hydrogens is 501 g/mol. The van der Waals surface area contributed by atoms with Crippen molar-refractivity contribution in [2.24, 2.45) is 0 Å². The molecule has 5 nitrogen and oxygen atoms in total. The monoisotopic (exact) mass is 519 g/mol. The number of hydrogen-bond acceptors (Lipinski definition) is 3. The van der Waals surface area contributed by atoms with Crippen LogP contribution in [-0.4, -0.2) is 18.0 Å². The molecule has 6 heteroatoms. The number of para-hydroxylation sites is 1. The summed E-state index contributed by atoms with van der Waals surface area (Å²) in [5.41, 5.74) is 3.98. The summed E-state index contributed by atoms with van der Waals surface area (Å²) in [6, 6.07) is 24.9. The van der Waals surface area contributed by atoms with Crippen LogP contribution in [0.3, 0.4) is 0 Å². The van der Waals surface area contributed by atoms with Gasteiger partial charge in [0.15, 0.2) is 0 Å². The van der Waals surface area contributed by atoms with Gasteiger partial charge in [0, 0.05) is 20.2 Å². The molecule has 0 aliphatic carbocycles. The molecule has 0 saturated carbocycles. The fraction of sp³-hybridized carbons (Fsp3) is 0.0400. The molecule has 0 spiro atoms. The van der Waals surface area contributed by atoms with Crippen LogP contribution in [0.25, 0.3) is 28.2 Å². The standard InChI is InChI=1S/C25H18IN3O2/c1-31-22-9-5-8-20-21(23(29-24(20)22)16-6-3-2-4-7-16)14-17(15-27)25(30)28-19-12-10-18(26)11-13-19/h2-14,29H,1H3,(H,28,30)/b17-14+. The van der Waals surface area contributed by atoms with Crippen molar-refractivity contribution >= 4 is 51.2 Å². The third kappa shape index (κ3) is 4.32. The van der Waals surface area contributed by atoms with E-state index in [0.717, 1.165) is 31.3 Å². The SMILES string of the molecule is COc1cccc2c(/C=C(\C#N)C(=O)Nc3ccc(I)cc3)c(-c3ccccc3)[nH]c12. The number of carbonyl (C=O) groups is 1. The van der Waals surface area contributed by atoms with E-state index in [-0.39, 0.29) is 5.57 Å². The van der Waals surface area contributed by atoms with Gasteiger partial charge in [-0.3, -0.25) is 4.79 Å². The molecule has 0 bridgehead atoms. The number of amides is 1. The Balaban J connectivity index is 1.83. The van der Waals surface area contributed by atoms with Gasteiger partial charge in [-0.05, 0) is 64.6 Å². The quantitative estimate of drug-likeness (QED) is 0.193. The molecule has 0 fully saturated rings. The highest BCUT2D eigenvalue weighted by atomic mass is 127. The fourth-order valence-electron chi connectivity index (χ4n) is 3.39. The second kappa shape index (κ2) is 9.06. The first-order chi connectivity index (χ1) is 15.1. The summed E-state index contributed by atoms with van der Waals surface area (Å²) < 4.78 is 6.56. The zero-order valence-corrected chi connectivity index (χ0v) is 18.8. The number of carbonyl (C=O) groups excluding carboxylic acids is 1. The molecule has 4 aromatic rings. The van der Waals surface area contributed by atoms with Crippen LogP contribution < -0.4 is 10.1 Å². The maximum atomic E-state index is 12.8. The molecular formula is C25H18IN3O2. The summed E-state index contributed by atoms with van der Waals surface area (Å²) in [7, 11) is 1.61. The molecule has 1 amide bonds. The van der Waals surface area contributed by atoms with Crippen LogP contribution in [0.4, 0.5) is 5.69 Å². The van der Waals surface area contributed by atoms with Gasteiger partial charge in [-0.1, -0.05) is 42.5 Å². The van der Waals surface area contributed by atoms with Gasteiger partial charge in [0.2, 0.25) is 0 Å². The molecule has 2 N–H and O–H groups in total. The van der Waals surface area contributed by atoms with Crippen LogP contribution in [0.15, 0.2) is 78.4 Å². The average Bonchev–Trinajstić information content (AvgIpc) is 3.18. The Bertz CT molecular complexity index is 1320. The Hall–Kier alpha value is -3.57. The summed E-state index contributed by atoms with van der Waals surface area (Å²) in [6.07, 6.45) is 1.63. The molecule has 0 unspecified atom stereocenters. The number of aromatic amines is 1. The average molecular weight is 519 g/mol. The number of rotatable bonds is 5. The van der Waals surface area contributed by atoms with E-state index in [1.54, 1.807) is 25.3 Å². The number of nitrogens with zero attached hydrogens (tertiary/aromatic N) is 1. The Labute approximate surface area is 193 Å². The second-order valence-corrected chi connectivity index (χ2v) is 8.04. The van der Waals surface area contributed by atoms with E-state index in [4.69, 9.17) is 4.74 Å². The number of benzene rings is 3. The normalized spacial score (nSPS) is 11.2. The van der Waals surface area contributed by atoms with Gasteiger partial charge in [-0.2, -0.15) is 5.26 Å². The number of halogens is 1. The van der Waals surface area contributed by atoms with Crippen molar-refractivity contribution < 1.29 is 9.53 Å². The highest BCUT2D eigenvalue weighted by molar-refractivity contribution is 14.1. The molecule has 1 heterocycles. The number of nitrogens with one attached hydrogen (secondary N) is 2. The molecule has 0 saturated heterocycles. The number of methoxy groups -OCH3 is 1. The Morgan fingerprint density at radius 3 is 2.48 bits per heavy atom. The maximum absolute atomic E-state index is 12.8. The third-order valence-electron chi connectivity index (χ3n) is 4.87. The Morgan fingerprint density at radius 2 is 1.81 bits per heavy atom. The van der Waals surface area contributed by atoms with Crippen LogP contribution in [-0.2, 0) is 4.79 Å². The lowest BCUT2D eigenvalue weighted by Crippen LogP contribution is -2.13.